The highest BCUT2D eigenvalue weighted by Gasteiger charge is 2.35. The second-order valence-electron chi connectivity index (χ2n) is 7.16. The number of para-hydroxylation sites is 1. The van der Waals surface area contributed by atoms with Gasteiger partial charge in [-0.1, -0.05) is 29.4 Å². The lowest BCUT2D eigenvalue weighted by atomic mass is 10.0. The number of benzene rings is 1. The van der Waals surface area contributed by atoms with Crippen LogP contribution in [-0.4, -0.2) is 32.5 Å². The van der Waals surface area contributed by atoms with Crippen molar-refractivity contribution in [1.82, 2.24) is 20.0 Å². The van der Waals surface area contributed by atoms with Crippen LogP contribution in [0.1, 0.15) is 66.3 Å². The third-order valence-corrected chi connectivity index (χ3v) is 5.27. The lowest BCUT2D eigenvalue weighted by Gasteiger charge is -2.33. The van der Waals surface area contributed by atoms with Crippen molar-refractivity contribution in [2.45, 2.75) is 44.1 Å². The van der Waals surface area contributed by atoms with Gasteiger partial charge in [0.15, 0.2) is 5.82 Å². The summed E-state index contributed by atoms with van der Waals surface area (Å²) in [5.74, 6) is 1.75. The summed E-state index contributed by atoms with van der Waals surface area (Å²) in [7, 11) is 0. The van der Waals surface area contributed by atoms with E-state index in [-0.39, 0.29) is 11.9 Å². The molecule has 1 aliphatic heterocycles. The Morgan fingerprint density at radius 3 is 2.81 bits per heavy atom. The number of carbonyl (C=O) groups is 1. The SMILES string of the molecule is O=C(c1ccc2ccccc2n1)N1CCCCC1c1nc(C2CC2)no1. The first-order valence-corrected chi connectivity index (χ1v) is 9.30. The smallest absolute Gasteiger partial charge is 0.273 e. The van der Waals surface area contributed by atoms with Crippen molar-refractivity contribution >= 4 is 16.8 Å². The van der Waals surface area contributed by atoms with E-state index in [9.17, 15) is 4.79 Å². The van der Waals surface area contributed by atoms with Gasteiger partial charge in [0.05, 0.1) is 5.52 Å². The van der Waals surface area contributed by atoms with Gasteiger partial charge in [-0.05, 0) is 44.2 Å². The molecule has 26 heavy (non-hydrogen) atoms. The van der Waals surface area contributed by atoms with Crippen LogP contribution in [-0.2, 0) is 0 Å². The number of likely N-dealkylation sites (tertiary alicyclic amines) is 1. The number of aromatic nitrogens is 3. The first-order valence-electron chi connectivity index (χ1n) is 9.30. The van der Waals surface area contributed by atoms with Gasteiger partial charge < -0.3 is 9.42 Å². The van der Waals surface area contributed by atoms with Gasteiger partial charge in [-0.2, -0.15) is 4.98 Å². The largest absolute Gasteiger partial charge is 0.337 e. The molecule has 1 unspecified atom stereocenters. The number of piperidine rings is 1. The summed E-state index contributed by atoms with van der Waals surface area (Å²) in [4.78, 5) is 24.1. The van der Waals surface area contributed by atoms with Crippen LogP contribution in [0, 0.1) is 0 Å². The fourth-order valence-corrected chi connectivity index (χ4v) is 3.65. The predicted molar refractivity (Wildman–Crippen MR) is 95.6 cm³/mol. The molecule has 1 atom stereocenters. The van der Waals surface area contributed by atoms with E-state index < -0.39 is 0 Å². The zero-order valence-corrected chi connectivity index (χ0v) is 14.5. The monoisotopic (exact) mass is 348 g/mol. The lowest BCUT2D eigenvalue weighted by Crippen LogP contribution is -2.39. The minimum Gasteiger partial charge on any atom is -0.337 e. The zero-order valence-electron chi connectivity index (χ0n) is 14.5. The molecule has 3 aromatic rings. The summed E-state index contributed by atoms with van der Waals surface area (Å²) in [6.45, 7) is 0.694. The summed E-state index contributed by atoms with van der Waals surface area (Å²) in [6.07, 6.45) is 5.16. The highest BCUT2D eigenvalue weighted by Crippen LogP contribution is 2.39. The normalized spacial score (nSPS) is 20.5. The Labute approximate surface area is 151 Å². The second-order valence-corrected chi connectivity index (χ2v) is 7.16. The Bertz CT molecular complexity index is 963. The third-order valence-electron chi connectivity index (χ3n) is 5.27. The molecule has 132 valence electrons. The number of hydrogen-bond acceptors (Lipinski definition) is 5. The fourth-order valence-electron chi connectivity index (χ4n) is 3.65. The molecule has 6 heteroatoms. The van der Waals surface area contributed by atoms with E-state index in [4.69, 9.17) is 4.52 Å². The van der Waals surface area contributed by atoms with E-state index in [1.807, 2.05) is 35.2 Å². The molecular weight excluding hydrogens is 328 g/mol. The molecule has 1 aromatic carbocycles. The Hall–Kier alpha value is -2.76. The van der Waals surface area contributed by atoms with E-state index in [0.29, 0.717) is 24.0 Å². The summed E-state index contributed by atoms with van der Waals surface area (Å²) >= 11 is 0. The zero-order chi connectivity index (χ0) is 17.5. The number of amides is 1. The molecule has 2 fully saturated rings. The Kier molecular flexibility index (Phi) is 3.69. The molecule has 5 rings (SSSR count). The Morgan fingerprint density at radius 1 is 1.04 bits per heavy atom. The van der Waals surface area contributed by atoms with Gasteiger partial charge in [-0.3, -0.25) is 4.79 Å². The number of rotatable bonds is 3. The van der Waals surface area contributed by atoms with Crippen molar-refractivity contribution < 1.29 is 9.32 Å². The predicted octanol–water partition coefficient (Wildman–Crippen LogP) is 3.86. The summed E-state index contributed by atoms with van der Waals surface area (Å²) in [5, 5.41) is 5.15. The van der Waals surface area contributed by atoms with Gasteiger partial charge in [-0.15, -0.1) is 0 Å². The average molecular weight is 348 g/mol. The van der Waals surface area contributed by atoms with Gasteiger partial charge in [0.2, 0.25) is 5.89 Å². The van der Waals surface area contributed by atoms with E-state index >= 15 is 0 Å². The van der Waals surface area contributed by atoms with Crippen molar-refractivity contribution in [3.8, 4) is 0 Å². The van der Waals surface area contributed by atoms with Crippen LogP contribution in [0.3, 0.4) is 0 Å². The highest BCUT2D eigenvalue weighted by atomic mass is 16.5. The van der Waals surface area contributed by atoms with Crippen LogP contribution in [0.25, 0.3) is 10.9 Å². The summed E-state index contributed by atoms with van der Waals surface area (Å²) in [5.41, 5.74) is 1.30. The summed E-state index contributed by atoms with van der Waals surface area (Å²) in [6, 6.07) is 11.4. The summed E-state index contributed by atoms with van der Waals surface area (Å²) < 4.78 is 5.52. The molecule has 0 spiro atoms. The number of hydrogen-bond donors (Lipinski definition) is 0. The van der Waals surface area contributed by atoms with Gasteiger partial charge in [0.25, 0.3) is 5.91 Å². The van der Waals surface area contributed by atoms with Crippen LogP contribution in [0.15, 0.2) is 40.9 Å². The van der Waals surface area contributed by atoms with Crippen LogP contribution in [0.2, 0.25) is 0 Å². The standard InChI is InChI=1S/C20H20N4O2/c25-20(16-11-10-13-5-1-2-6-15(13)21-16)24-12-4-3-7-17(24)19-22-18(23-26-19)14-8-9-14/h1-2,5-6,10-11,14,17H,3-4,7-9,12H2. The van der Waals surface area contributed by atoms with Crippen molar-refractivity contribution in [3.63, 3.8) is 0 Å². The maximum atomic E-state index is 13.2. The quantitative estimate of drug-likeness (QED) is 0.718. The molecule has 0 radical (unpaired) electrons. The third kappa shape index (κ3) is 2.75. The van der Waals surface area contributed by atoms with Crippen molar-refractivity contribution in [3.05, 3.63) is 53.8 Å². The molecule has 0 bridgehead atoms. The number of fused-ring (bicyclic) bond motifs is 1. The van der Waals surface area contributed by atoms with Crippen LogP contribution in [0.4, 0.5) is 0 Å². The first kappa shape index (κ1) is 15.5. The average Bonchev–Trinajstić information content (AvgIpc) is 3.44. The maximum Gasteiger partial charge on any atom is 0.273 e. The Morgan fingerprint density at radius 2 is 1.92 bits per heavy atom. The van der Waals surface area contributed by atoms with Crippen LogP contribution < -0.4 is 0 Å². The Balaban J connectivity index is 1.45. The number of pyridine rings is 1. The van der Waals surface area contributed by atoms with Crippen molar-refractivity contribution in [1.29, 1.82) is 0 Å². The molecule has 1 saturated heterocycles. The molecule has 2 aliphatic rings. The van der Waals surface area contributed by atoms with Gasteiger partial charge in [0.1, 0.15) is 11.7 Å². The molecular formula is C20H20N4O2. The van der Waals surface area contributed by atoms with E-state index in [0.717, 1.165) is 48.8 Å². The molecule has 2 aromatic heterocycles. The first-order chi connectivity index (χ1) is 12.8. The van der Waals surface area contributed by atoms with Crippen LogP contribution in [0.5, 0.6) is 0 Å². The number of nitrogens with zero attached hydrogens (tertiary/aromatic N) is 4. The van der Waals surface area contributed by atoms with Gasteiger partial charge in [0, 0.05) is 17.8 Å². The fraction of sp³-hybridized carbons (Fsp3) is 0.400. The molecule has 0 N–H and O–H groups in total. The molecule has 1 amide bonds. The number of carbonyl (C=O) groups excluding carboxylic acids is 1. The van der Waals surface area contributed by atoms with E-state index in [2.05, 4.69) is 15.1 Å². The van der Waals surface area contributed by atoms with E-state index in [1.54, 1.807) is 6.07 Å². The van der Waals surface area contributed by atoms with Gasteiger partial charge >= 0.3 is 0 Å². The molecule has 1 saturated carbocycles. The second kappa shape index (κ2) is 6.20. The minimum absolute atomic E-state index is 0.0633. The van der Waals surface area contributed by atoms with Crippen molar-refractivity contribution in [2.24, 2.45) is 0 Å². The minimum atomic E-state index is -0.149. The molecule has 6 nitrogen and oxygen atoms in total. The molecule has 1 aliphatic carbocycles. The topological polar surface area (TPSA) is 72.1 Å². The molecule has 3 heterocycles. The lowest BCUT2D eigenvalue weighted by molar-refractivity contribution is 0.0556. The van der Waals surface area contributed by atoms with Gasteiger partial charge in [-0.25, -0.2) is 4.98 Å². The highest BCUT2D eigenvalue weighted by molar-refractivity contribution is 5.95. The maximum absolute atomic E-state index is 13.2. The van der Waals surface area contributed by atoms with E-state index in [1.165, 1.54) is 0 Å². The van der Waals surface area contributed by atoms with Crippen molar-refractivity contribution in [2.75, 3.05) is 6.54 Å². The van der Waals surface area contributed by atoms with Crippen LogP contribution >= 0.6 is 0 Å².